The predicted octanol–water partition coefficient (Wildman–Crippen LogP) is 4.04. The third-order valence-corrected chi connectivity index (χ3v) is 5.00. The number of carboxylic acids is 1. The summed E-state index contributed by atoms with van der Waals surface area (Å²) >= 11 is 0. The van der Waals surface area contributed by atoms with Gasteiger partial charge in [-0.3, -0.25) is 4.79 Å². The Morgan fingerprint density at radius 3 is 2.43 bits per heavy atom. The van der Waals surface area contributed by atoms with Gasteiger partial charge in [0.25, 0.3) is 0 Å². The van der Waals surface area contributed by atoms with Gasteiger partial charge in [-0.15, -0.1) is 0 Å². The Balaban J connectivity index is 2.16. The second-order valence-electron chi connectivity index (χ2n) is 7.22. The maximum atomic E-state index is 13.3. The summed E-state index contributed by atoms with van der Waals surface area (Å²) in [6, 6.07) is 12.5. The maximum Gasteiger partial charge on any atom is 0.338 e. The van der Waals surface area contributed by atoms with Gasteiger partial charge in [0.1, 0.15) is 16.8 Å². The molecule has 0 bridgehead atoms. The molecule has 2 aromatic carbocycles. The van der Waals surface area contributed by atoms with Crippen molar-refractivity contribution in [2.24, 2.45) is 0 Å². The molecule has 7 nitrogen and oxygen atoms in total. The summed E-state index contributed by atoms with van der Waals surface area (Å²) in [7, 11) is 5.14. The average Bonchev–Trinajstić information content (AvgIpc) is 2.72. The van der Waals surface area contributed by atoms with Gasteiger partial charge in [-0.1, -0.05) is 29.8 Å². The van der Waals surface area contributed by atoms with E-state index >= 15 is 0 Å². The summed E-state index contributed by atoms with van der Waals surface area (Å²) in [4.78, 5) is 31.9. The molecule has 1 aliphatic heterocycles. The number of carbonyl (C=O) groups is 1. The number of hydrogen-bond acceptors (Lipinski definition) is 6. The van der Waals surface area contributed by atoms with Crippen LogP contribution in [0.4, 0.5) is 5.69 Å². The van der Waals surface area contributed by atoms with E-state index in [1.807, 2.05) is 44.1 Å². The summed E-state index contributed by atoms with van der Waals surface area (Å²) in [5, 5.41) is 9.99. The first-order chi connectivity index (χ1) is 14.3. The molecule has 0 saturated carbocycles. The Hall–Kier alpha value is -3.87. The van der Waals surface area contributed by atoms with Crippen LogP contribution in [-0.4, -0.2) is 37.3 Å². The van der Waals surface area contributed by atoms with Crippen LogP contribution >= 0.6 is 0 Å². The van der Waals surface area contributed by atoms with Crippen molar-refractivity contribution in [1.29, 1.82) is 0 Å². The largest absolute Gasteiger partial charge is 0.490 e. The number of carboxylic acid groups (broad SMARTS) is 1. The number of benzene rings is 3. The number of ether oxygens (including phenoxy) is 1. The number of nitrogens with zero attached hydrogens (tertiary/aromatic N) is 2. The fourth-order valence-corrected chi connectivity index (χ4v) is 3.45. The fourth-order valence-electron chi connectivity index (χ4n) is 3.45. The van der Waals surface area contributed by atoms with Gasteiger partial charge in [0, 0.05) is 25.8 Å². The lowest BCUT2D eigenvalue weighted by Crippen LogP contribution is -2.18. The standard InChI is InChI=1S/C23H20N2O5/c1-12-5-7-13(8-6-12)17-18(23(27)28)19-21(22(29-4)20(17)26)30-16-11-14(25(2)3)9-10-15(16)24-19/h5-11H,1-4H3,(H,27,28). The van der Waals surface area contributed by atoms with E-state index in [1.54, 1.807) is 24.3 Å². The summed E-state index contributed by atoms with van der Waals surface area (Å²) < 4.78 is 11.3. The van der Waals surface area contributed by atoms with E-state index in [2.05, 4.69) is 4.98 Å². The molecule has 2 aromatic rings. The first kappa shape index (κ1) is 19.4. The monoisotopic (exact) mass is 404 g/mol. The van der Waals surface area contributed by atoms with Gasteiger partial charge in [0.05, 0.1) is 12.7 Å². The molecule has 0 fully saturated rings. The number of anilines is 1. The Bertz CT molecular complexity index is 1310. The third kappa shape index (κ3) is 3.04. The molecule has 0 spiro atoms. The third-order valence-electron chi connectivity index (χ3n) is 5.00. The van der Waals surface area contributed by atoms with Gasteiger partial charge in [0.15, 0.2) is 11.3 Å². The molecule has 0 atom stereocenters. The second kappa shape index (κ2) is 7.18. The molecule has 0 unspecified atom stereocenters. The van der Waals surface area contributed by atoms with Crippen molar-refractivity contribution in [3.63, 3.8) is 0 Å². The van der Waals surface area contributed by atoms with Gasteiger partial charge in [-0.25, -0.2) is 9.78 Å². The van der Waals surface area contributed by atoms with Crippen molar-refractivity contribution in [3.05, 3.63) is 63.8 Å². The van der Waals surface area contributed by atoms with Crippen molar-refractivity contribution >= 4 is 22.8 Å². The second-order valence-corrected chi connectivity index (χ2v) is 7.22. The van der Waals surface area contributed by atoms with Gasteiger partial charge in [0.2, 0.25) is 11.2 Å². The normalized spacial score (nSPS) is 11.1. The van der Waals surface area contributed by atoms with Crippen molar-refractivity contribution in [3.8, 4) is 28.3 Å². The van der Waals surface area contributed by atoms with E-state index in [-0.39, 0.29) is 28.3 Å². The minimum Gasteiger partial charge on any atom is -0.490 e. The molecule has 1 N–H and O–H groups in total. The number of aromatic nitrogens is 1. The summed E-state index contributed by atoms with van der Waals surface area (Å²) in [5.74, 6) is -1.32. The van der Waals surface area contributed by atoms with Crippen LogP contribution in [-0.2, 0) is 0 Å². The van der Waals surface area contributed by atoms with Crippen molar-refractivity contribution in [2.45, 2.75) is 6.92 Å². The molecule has 1 heterocycles. The Labute approximate surface area is 172 Å². The Morgan fingerprint density at radius 1 is 1.13 bits per heavy atom. The van der Waals surface area contributed by atoms with Crippen LogP contribution in [0.1, 0.15) is 15.9 Å². The van der Waals surface area contributed by atoms with Crippen LogP contribution < -0.4 is 15.1 Å². The van der Waals surface area contributed by atoms with Gasteiger partial charge in [-0.05, 0) is 24.6 Å². The van der Waals surface area contributed by atoms with Crippen LogP contribution in [0.15, 0.2) is 51.7 Å². The molecule has 7 heteroatoms. The molecule has 0 saturated heterocycles. The Morgan fingerprint density at radius 2 is 1.83 bits per heavy atom. The van der Waals surface area contributed by atoms with E-state index < -0.39 is 11.4 Å². The first-order valence-electron chi connectivity index (χ1n) is 9.28. The molecule has 152 valence electrons. The number of methoxy groups -OCH3 is 1. The zero-order chi connectivity index (χ0) is 21.6. The molecule has 0 radical (unpaired) electrons. The number of hydrogen-bond donors (Lipinski definition) is 1. The lowest BCUT2D eigenvalue weighted by Gasteiger charge is -2.17. The van der Waals surface area contributed by atoms with E-state index in [0.29, 0.717) is 16.7 Å². The van der Waals surface area contributed by atoms with E-state index in [1.165, 1.54) is 7.11 Å². The SMILES string of the molecule is COc1c2oc3cc(N(C)C)ccc3nc-2c(C(=O)O)c(-c2ccc(C)cc2)c1=O. The number of aromatic carboxylic acids is 1. The molecule has 2 aliphatic rings. The van der Waals surface area contributed by atoms with E-state index in [0.717, 1.165) is 11.3 Å². The van der Waals surface area contributed by atoms with Crippen LogP contribution in [0.3, 0.4) is 0 Å². The number of rotatable bonds is 4. The van der Waals surface area contributed by atoms with Crippen molar-refractivity contribution < 1.29 is 19.1 Å². The molecule has 4 rings (SSSR count). The van der Waals surface area contributed by atoms with Gasteiger partial charge in [-0.2, -0.15) is 0 Å². The first-order valence-corrected chi connectivity index (χ1v) is 9.28. The summed E-state index contributed by atoms with van der Waals surface area (Å²) in [6.45, 7) is 1.91. The molecular formula is C23H20N2O5. The summed E-state index contributed by atoms with van der Waals surface area (Å²) in [6.07, 6.45) is 0. The zero-order valence-electron chi connectivity index (χ0n) is 17.0. The predicted molar refractivity (Wildman–Crippen MR) is 115 cm³/mol. The zero-order valence-corrected chi connectivity index (χ0v) is 17.0. The quantitative estimate of drug-likeness (QED) is 0.513. The molecule has 1 aliphatic carbocycles. The number of aryl methyl sites for hydroxylation is 1. The van der Waals surface area contributed by atoms with Crippen LogP contribution in [0.5, 0.6) is 5.75 Å². The van der Waals surface area contributed by atoms with Gasteiger partial charge >= 0.3 is 5.97 Å². The maximum absolute atomic E-state index is 13.3. The van der Waals surface area contributed by atoms with Crippen LogP contribution in [0.25, 0.3) is 33.7 Å². The Kier molecular flexibility index (Phi) is 4.66. The van der Waals surface area contributed by atoms with Crippen molar-refractivity contribution in [1.82, 2.24) is 4.98 Å². The van der Waals surface area contributed by atoms with E-state index in [4.69, 9.17) is 9.15 Å². The molecule has 0 aromatic heterocycles. The highest BCUT2D eigenvalue weighted by molar-refractivity contribution is 6.04. The minimum atomic E-state index is -1.26. The highest BCUT2D eigenvalue weighted by atomic mass is 16.5. The lowest BCUT2D eigenvalue weighted by atomic mass is 9.94. The molecule has 30 heavy (non-hydrogen) atoms. The lowest BCUT2D eigenvalue weighted by molar-refractivity contribution is 0.0698. The van der Waals surface area contributed by atoms with Crippen LogP contribution in [0.2, 0.25) is 0 Å². The summed E-state index contributed by atoms with van der Waals surface area (Å²) in [5.41, 5.74) is 2.58. The van der Waals surface area contributed by atoms with Crippen molar-refractivity contribution in [2.75, 3.05) is 26.1 Å². The van der Waals surface area contributed by atoms with E-state index in [9.17, 15) is 14.7 Å². The highest BCUT2D eigenvalue weighted by Gasteiger charge is 2.31. The highest BCUT2D eigenvalue weighted by Crippen LogP contribution is 2.38. The number of fused-ring (bicyclic) bond motifs is 2. The molecular weight excluding hydrogens is 384 g/mol. The fraction of sp³-hybridized carbons (Fsp3) is 0.174. The minimum absolute atomic E-state index is 0.0131. The topological polar surface area (TPSA) is 92.9 Å². The van der Waals surface area contributed by atoms with Crippen LogP contribution in [0, 0.1) is 6.92 Å². The average molecular weight is 404 g/mol. The smallest absolute Gasteiger partial charge is 0.338 e. The molecule has 0 amide bonds. The van der Waals surface area contributed by atoms with Gasteiger partial charge < -0.3 is 19.2 Å².